The second-order valence-electron chi connectivity index (χ2n) is 5.06. The van der Waals surface area contributed by atoms with Crippen LogP contribution in [0, 0.1) is 0 Å². The van der Waals surface area contributed by atoms with Crippen molar-refractivity contribution in [1.82, 2.24) is 9.97 Å². The molecule has 106 valence electrons. The molecule has 0 N–H and O–H groups in total. The molecular weight excluding hydrogens is 315 g/mol. The Morgan fingerprint density at radius 3 is 2.36 bits per heavy atom. The van der Waals surface area contributed by atoms with Crippen LogP contribution in [0.1, 0.15) is 0 Å². The highest BCUT2D eigenvalue weighted by Gasteiger charge is 2.07. The van der Waals surface area contributed by atoms with Crippen molar-refractivity contribution in [3.63, 3.8) is 0 Å². The highest BCUT2D eigenvalue weighted by atomic mass is 35.5. The number of benzene rings is 2. The van der Waals surface area contributed by atoms with E-state index in [2.05, 4.69) is 4.98 Å². The average molecular weight is 325 g/mol. The lowest BCUT2D eigenvalue weighted by Gasteiger charge is -2.06. The minimum absolute atomic E-state index is 0.681. The van der Waals surface area contributed by atoms with Crippen LogP contribution in [-0.4, -0.2) is 9.97 Å². The van der Waals surface area contributed by atoms with E-state index in [0.717, 1.165) is 33.1 Å². The van der Waals surface area contributed by atoms with E-state index in [1.165, 1.54) is 0 Å². The van der Waals surface area contributed by atoms with Crippen molar-refractivity contribution in [3.05, 3.63) is 70.8 Å². The monoisotopic (exact) mass is 324 g/mol. The van der Waals surface area contributed by atoms with Crippen LogP contribution >= 0.6 is 23.2 Å². The van der Waals surface area contributed by atoms with E-state index in [4.69, 9.17) is 28.2 Å². The largest absolute Gasteiger partial charge is 0.255 e. The summed E-state index contributed by atoms with van der Waals surface area (Å²) in [5.41, 5.74) is 3.72. The number of rotatable bonds is 1. The molecule has 0 fully saturated rings. The van der Waals surface area contributed by atoms with Gasteiger partial charge in [-0.1, -0.05) is 35.3 Å². The van der Waals surface area contributed by atoms with E-state index < -0.39 is 0 Å². The Kier molecular flexibility index (Phi) is 3.21. The van der Waals surface area contributed by atoms with Crippen LogP contribution in [0.3, 0.4) is 0 Å². The van der Waals surface area contributed by atoms with Crippen LogP contribution in [0.5, 0.6) is 0 Å². The Hall–Kier alpha value is -2.16. The zero-order chi connectivity index (χ0) is 15.1. The molecule has 2 heterocycles. The zero-order valence-corrected chi connectivity index (χ0v) is 12.9. The molecule has 0 unspecified atom stereocenters. The van der Waals surface area contributed by atoms with Gasteiger partial charge in [0.05, 0.1) is 16.7 Å². The Morgan fingerprint density at radius 2 is 1.55 bits per heavy atom. The van der Waals surface area contributed by atoms with Crippen molar-refractivity contribution >= 4 is 45.0 Å². The third kappa shape index (κ3) is 2.31. The van der Waals surface area contributed by atoms with Crippen molar-refractivity contribution in [2.45, 2.75) is 0 Å². The molecule has 0 amide bonds. The summed E-state index contributed by atoms with van der Waals surface area (Å²) < 4.78 is 0. The second-order valence-corrected chi connectivity index (χ2v) is 5.93. The van der Waals surface area contributed by atoms with Gasteiger partial charge in [-0.2, -0.15) is 0 Å². The highest BCUT2D eigenvalue weighted by Crippen LogP contribution is 2.28. The normalized spacial score (nSPS) is 11.2. The molecule has 0 spiro atoms. The fourth-order valence-corrected chi connectivity index (χ4v) is 2.82. The molecule has 0 saturated carbocycles. The van der Waals surface area contributed by atoms with Gasteiger partial charge in [-0.3, -0.25) is 4.98 Å². The standard InChI is InChI=1S/C18H10Cl2N2/c19-13-4-1-11(2-5-13)16-7-3-12-10-21-17-8-6-14(20)9-15(17)18(12)22-16/h1-10H. The second kappa shape index (κ2) is 5.24. The van der Waals surface area contributed by atoms with Crippen molar-refractivity contribution in [1.29, 1.82) is 0 Å². The Balaban J connectivity index is 2.00. The molecule has 0 atom stereocenters. The summed E-state index contributed by atoms with van der Waals surface area (Å²) in [6, 6.07) is 17.3. The lowest BCUT2D eigenvalue weighted by Crippen LogP contribution is -1.88. The van der Waals surface area contributed by atoms with Gasteiger partial charge in [0.2, 0.25) is 0 Å². The number of aromatic nitrogens is 2. The van der Waals surface area contributed by atoms with E-state index >= 15 is 0 Å². The fourth-order valence-electron chi connectivity index (χ4n) is 2.52. The fraction of sp³-hybridized carbons (Fsp3) is 0. The van der Waals surface area contributed by atoms with E-state index in [0.29, 0.717) is 10.0 Å². The Morgan fingerprint density at radius 1 is 0.773 bits per heavy atom. The van der Waals surface area contributed by atoms with Crippen LogP contribution in [0.4, 0.5) is 0 Å². The number of halogens is 2. The lowest BCUT2D eigenvalue weighted by atomic mass is 10.1. The SMILES string of the molecule is Clc1ccc(-c2ccc3cnc4ccc(Cl)cc4c3n2)cc1. The molecule has 2 aromatic heterocycles. The Bertz CT molecular complexity index is 995. The maximum atomic E-state index is 6.12. The molecule has 4 rings (SSSR count). The molecule has 0 aliphatic heterocycles. The summed E-state index contributed by atoms with van der Waals surface area (Å²) in [5, 5.41) is 3.35. The number of nitrogens with zero attached hydrogens (tertiary/aromatic N) is 2. The van der Waals surface area contributed by atoms with Gasteiger partial charge in [-0.05, 0) is 42.5 Å². The van der Waals surface area contributed by atoms with Crippen LogP contribution < -0.4 is 0 Å². The molecule has 0 aliphatic carbocycles. The van der Waals surface area contributed by atoms with Gasteiger partial charge in [0.15, 0.2) is 0 Å². The summed E-state index contributed by atoms with van der Waals surface area (Å²) in [7, 11) is 0. The van der Waals surface area contributed by atoms with E-state index in [9.17, 15) is 0 Å². The first-order valence-electron chi connectivity index (χ1n) is 6.82. The molecule has 0 radical (unpaired) electrons. The first-order valence-corrected chi connectivity index (χ1v) is 7.57. The van der Waals surface area contributed by atoms with E-state index in [1.54, 1.807) is 0 Å². The molecule has 4 heteroatoms. The van der Waals surface area contributed by atoms with Gasteiger partial charge in [0, 0.05) is 32.6 Å². The summed E-state index contributed by atoms with van der Waals surface area (Å²) in [5.74, 6) is 0. The average Bonchev–Trinajstić information content (AvgIpc) is 2.55. The molecule has 2 aromatic carbocycles. The molecule has 22 heavy (non-hydrogen) atoms. The van der Waals surface area contributed by atoms with Gasteiger partial charge in [-0.15, -0.1) is 0 Å². The predicted molar refractivity (Wildman–Crippen MR) is 92.5 cm³/mol. The van der Waals surface area contributed by atoms with E-state index in [1.807, 2.05) is 60.8 Å². The van der Waals surface area contributed by atoms with Crippen LogP contribution in [0.2, 0.25) is 10.0 Å². The number of pyridine rings is 2. The minimum atomic E-state index is 0.681. The summed E-state index contributed by atoms with van der Waals surface area (Å²) in [6.45, 7) is 0. The summed E-state index contributed by atoms with van der Waals surface area (Å²) in [6.07, 6.45) is 1.84. The summed E-state index contributed by atoms with van der Waals surface area (Å²) >= 11 is 12.1. The van der Waals surface area contributed by atoms with Crippen LogP contribution in [0.25, 0.3) is 33.1 Å². The smallest absolute Gasteiger partial charge is 0.0819 e. The first-order chi connectivity index (χ1) is 10.7. The van der Waals surface area contributed by atoms with Gasteiger partial charge in [0.1, 0.15) is 0 Å². The van der Waals surface area contributed by atoms with Gasteiger partial charge < -0.3 is 0 Å². The predicted octanol–water partition coefficient (Wildman–Crippen LogP) is 5.76. The molecular formula is C18H10Cl2N2. The minimum Gasteiger partial charge on any atom is -0.255 e. The van der Waals surface area contributed by atoms with Gasteiger partial charge >= 0.3 is 0 Å². The lowest BCUT2D eigenvalue weighted by molar-refractivity contribution is 1.38. The Labute approximate surface area is 137 Å². The quantitative estimate of drug-likeness (QED) is 0.416. The topological polar surface area (TPSA) is 25.8 Å². The van der Waals surface area contributed by atoms with Gasteiger partial charge in [0.25, 0.3) is 0 Å². The van der Waals surface area contributed by atoms with Crippen molar-refractivity contribution in [2.24, 2.45) is 0 Å². The molecule has 0 bridgehead atoms. The van der Waals surface area contributed by atoms with Crippen molar-refractivity contribution in [3.8, 4) is 11.3 Å². The van der Waals surface area contributed by atoms with Crippen LogP contribution in [0.15, 0.2) is 60.8 Å². The maximum absolute atomic E-state index is 6.12. The van der Waals surface area contributed by atoms with Crippen LogP contribution in [-0.2, 0) is 0 Å². The first kappa shape index (κ1) is 13.5. The zero-order valence-electron chi connectivity index (χ0n) is 11.4. The number of fused-ring (bicyclic) bond motifs is 3. The summed E-state index contributed by atoms with van der Waals surface area (Å²) in [4.78, 5) is 9.25. The number of hydrogen-bond acceptors (Lipinski definition) is 2. The molecule has 0 saturated heterocycles. The van der Waals surface area contributed by atoms with Gasteiger partial charge in [-0.25, -0.2) is 4.98 Å². The van der Waals surface area contributed by atoms with Crippen molar-refractivity contribution < 1.29 is 0 Å². The highest BCUT2D eigenvalue weighted by molar-refractivity contribution is 6.31. The maximum Gasteiger partial charge on any atom is 0.0819 e. The number of hydrogen-bond donors (Lipinski definition) is 0. The molecule has 0 aliphatic rings. The third-order valence-corrected chi connectivity index (χ3v) is 4.11. The van der Waals surface area contributed by atoms with E-state index in [-0.39, 0.29) is 0 Å². The third-order valence-electron chi connectivity index (χ3n) is 3.62. The van der Waals surface area contributed by atoms with Crippen molar-refractivity contribution in [2.75, 3.05) is 0 Å². The molecule has 4 aromatic rings. The molecule has 2 nitrogen and oxygen atoms in total.